The highest BCUT2D eigenvalue weighted by Crippen LogP contribution is 2.34. The van der Waals surface area contributed by atoms with Crippen molar-refractivity contribution in [2.75, 3.05) is 0 Å². The van der Waals surface area contributed by atoms with Gasteiger partial charge in [0.05, 0.1) is 10.8 Å². The molecule has 1 saturated carbocycles. The third-order valence-corrected chi connectivity index (χ3v) is 4.63. The Morgan fingerprint density at radius 2 is 2.00 bits per heavy atom. The number of sulfone groups is 1. The summed E-state index contributed by atoms with van der Waals surface area (Å²) >= 11 is 0. The van der Waals surface area contributed by atoms with Gasteiger partial charge in [0.1, 0.15) is 17.0 Å². The molecule has 1 heterocycles. The molecule has 0 atom stereocenters. The zero-order chi connectivity index (χ0) is 11.8. The van der Waals surface area contributed by atoms with Gasteiger partial charge in [-0.3, -0.25) is 0 Å². The molecule has 1 aliphatic carbocycles. The van der Waals surface area contributed by atoms with Crippen LogP contribution in [-0.4, -0.2) is 18.7 Å². The van der Waals surface area contributed by atoms with Gasteiger partial charge in [0.15, 0.2) is 15.5 Å². The van der Waals surface area contributed by atoms with Crippen LogP contribution in [0.1, 0.15) is 24.1 Å². The summed E-state index contributed by atoms with van der Waals surface area (Å²) in [6.07, 6.45) is 2.43. The third-order valence-electron chi connectivity index (χ3n) is 2.36. The maximum Gasteiger partial charge on any atom is 0.184 e. The minimum Gasteiger partial charge on any atom is -0.243 e. The molecule has 80 valence electrons. The molecule has 1 aromatic heterocycles. The zero-order valence-corrected chi connectivity index (χ0v) is 9.03. The predicted molar refractivity (Wildman–Crippen MR) is 53.9 cm³/mol. The fraction of sp³-hybridized carbons (Fsp3) is 0.300. The van der Waals surface area contributed by atoms with Crippen LogP contribution in [0.4, 0.5) is 0 Å². The van der Waals surface area contributed by atoms with Crippen LogP contribution in [0.5, 0.6) is 0 Å². The summed E-state index contributed by atoms with van der Waals surface area (Å²) in [4.78, 5) is 3.57. The number of hydrogen-bond acceptors (Lipinski definition) is 5. The molecule has 0 saturated heterocycles. The maximum absolute atomic E-state index is 11.9. The summed E-state index contributed by atoms with van der Waals surface area (Å²) in [6.45, 7) is 0. The third kappa shape index (κ3) is 1.64. The lowest BCUT2D eigenvalue weighted by Gasteiger charge is -2.03. The second kappa shape index (κ2) is 3.58. The molecule has 1 aromatic rings. The first-order chi connectivity index (χ1) is 7.59. The van der Waals surface area contributed by atoms with Crippen LogP contribution < -0.4 is 0 Å². The van der Waals surface area contributed by atoms with Gasteiger partial charge in [-0.1, -0.05) is 0 Å². The van der Waals surface area contributed by atoms with Gasteiger partial charge in [-0.15, -0.1) is 0 Å². The van der Waals surface area contributed by atoms with Gasteiger partial charge in [-0.05, 0) is 18.9 Å². The van der Waals surface area contributed by atoms with Gasteiger partial charge in [-0.25, -0.2) is 13.4 Å². The molecular weight excluding hydrogens is 226 g/mol. The standard InChI is InChI=1S/C10H7N3O2S/c11-4-7-3-10(9(5-12)13-6-7)16(14,15)8-1-2-8/h3,6,8H,1-2H2. The Balaban J connectivity index is 2.63. The van der Waals surface area contributed by atoms with Gasteiger partial charge >= 0.3 is 0 Å². The van der Waals surface area contributed by atoms with Gasteiger partial charge in [0.2, 0.25) is 0 Å². The van der Waals surface area contributed by atoms with Gasteiger partial charge < -0.3 is 0 Å². The van der Waals surface area contributed by atoms with E-state index in [2.05, 4.69) is 4.98 Å². The largest absolute Gasteiger partial charge is 0.243 e. The molecule has 1 fully saturated rings. The van der Waals surface area contributed by atoms with E-state index < -0.39 is 15.1 Å². The number of hydrogen-bond donors (Lipinski definition) is 0. The summed E-state index contributed by atoms with van der Waals surface area (Å²) in [6, 6.07) is 4.77. The SMILES string of the molecule is N#Cc1cnc(C#N)c(S(=O)(=O)C2CC2)c1. The molecule has 0 N–H and O–H groups in total. The molecule has 0 aliphatic heterocycles. The smallest absolute Gasteiger partial charge is 0.184 e. The van der Waals surface area contributed by atoms with E-state index in [0.717, 1.165) is 0 Å². The van der Waals surface area contributed by atoms with E-state index in [9.17, 15) is 8.42 Å². The van der Waals surface area contributed by atoms with Crippen LogP contribution in [0.25, 0.3) is 0 Å². The lowest BCUT2D eigenvalue weighted by atomic mass is 10.3. The van der Waals surface area contributed by atoms with E-state index in [-0.39, 0.29) is 16.2 Å². The van der Waals surface area contributed by atoms with Crippen molar-refractivity contribution in [3.63, 3.8) is 0 Å². The second-order valence-corrected chi connectivity index (χ2v) is 5.74. The Kier molecular flexibility index (Phi) is 2.37. The van der Waals surface area contributed by atoms with E-state index in [1.807, 2.05) is 6.07 Å². The quantitative estimate of drug-likeness (QED) is 0.751. The average molecular weight is 233 g/mol. The minimum absolute atomic E-state index is 0.114. The van der Waals surface area contributed by atoms with Crippen LogP contribution in [0, 0.1) is 22.7 Å². The fourth-order valence-electron chi connectivity index (χ4n) is 1.36. The van der Waals surface area contributed by atoms with E-state index in [1.165, 1.54) is 12.3 Å². The first kappa shape index (κ1) is 10.6. The fourth-order valence-corrected chi connectivity index (χ4v) is 3.14. The molecule has 0 bridgehead atoms. The molecule has 0 unspecified atom stereocenters. The first-order valence-corrected chi connectivity index (χ1v) is 6.18. The van der Waals surface area contributed by atoms with Crippen molar-refractivity contribution >= 4 is 9.84 Å². The van der Waals surface area contributed by atoms with Crippen molar-refractivity contribution < 1.29 is 8.42 Å². The molecule has 16 heavy (non-hydrogen) atoms. The summed E-state index contributed by atoms with van der Waals surface area (Å²) in [5, 5.41) is 17.1. The van der Waals surface area contributed by atoms with Crippen LogP contribution in [0.2, 0.25) is 0 Å². The van der Waals surface area contributed by atoms with Crippen molar-refractivity contribution in [2.45, 2.75) is 23.0 Å². The molecular formula is C10H7N3O2S. The Hall–Kier alpha value is -1.92. The molecule has 5 nitrogen and oxygen atoms in total. The Labute approximate surface area is 92.9 Å². The predicted octanol–water partition coefficient (Wildman–Crippen LogP) is 0.761. The van der Waals surface area contributed by atoms with Crippen LogP contribution in [-0.2, 0) is 9.84 Å². The summed E-state index contributed by atoms with van der Waals surface area (Å²) < 4.78 is 23.9. The number of nitriles is 2. The monoisotopic (exact) mass is 233 g/mol. The summed E-state index contributed by atoms with van der Waals surface area (Å²) in [7, 11) is -3.48. The van der Waals surface area contributed by atoms with Gasteiger partial charge in [0, 0.05) is 6.20 Å². The lowest BCUT2D eigenvalue weighted by Crippen LogP contribution is -2.10. The van der Waals surface area contributed by atoms with Crippen LogP contribution in [0.3, 0.4) is 0 Å². The van der Waals surface area contributed by atoms with Crippen molar-refractivity contribution in [3.05, 3.63) is 23.5 Å². The van der Waals surface area contributed by atoms with Gasteiger partial charge in [-0.2, -0.15) is 10.5 Å². The Morgan fingerprint density at radius 3 is 2.50 bits per heavy atom. The molecule has 0 spiro atoms. The van der Waals surface area contributed by atoms with E-state index in [1.54, 1.807) is 6.07 Å². The van der Waals surface area contributed by atoms with Crippen LogP contribution in [0.15, 0.2) is 17.2 Å². The average Bonchev–Trinajstić information content (AvgIpc) is 3.12. The Bertz CT molecular complexity index is 618. The highest BCUT2D eigenvalue weighted by molar-refractivity contribution is 7.92. The number of nitrogens with zero attached hydrogens (tertiary/aromatic N) is 3. The number of pyridine rings is 1. The highest BCUT2D eigenvalue weighted by Gasteiger charge is 2.38. The zero-order valence-electron chi connectivity index (χ0n) is 8.21. The van der Waals surface area contributed by atoms with E-state index >= 15 is 0 Å². The van der Waals surface area contributed by atoms with Crippen LogP contribution >= 0.6 is 0 Å². The summed E-state index contributed by atoms with van der Waals surface area (Å²) in [5.74, 6) is 0. The van der Waals surface area contributed by atoms with E-state index in [0.29, 0.717) is 12.8 Å². The molecule has 0 radical (unpaired) electrons. The van der Waals surface area contributed by atoms with Crippen molar-refractivity contribution in [1.29, 1.82) is 10.5 Å². The molecule has 2 rings (SSSR count). The van der Waals surface area contributed by atoms with Gasteiger partial charge in [0.25, 0.3) is 0 Å². The molecule has 0 amide bonds. The minimum atomic E-state index is -3.48. The molecule has 1 aliphatic rings. The summed E-state index contributed by atoms with van der Waals surface area (Å²) in [5.41, 5.74) is 0.0177. The molecule has 0 aromatic carbocycles. The van der Waals surface area contributed by atoms with Crippen molar-refractivity contribution in [3.8, 4) is 12.1 Å². The molecule has 6 heteroatoms. The second-order valence-electron chi connectivity index (χ2n) is 3.54. The lowest BCUT2D eigenvalue weighted by molar-refractivity contribution is 0.594. The van der Waals surface area contributed by atoms with Crippen molar-refractivity contribution in [2.24, 2.45) is 0 Å². The maximum atomic E-state index is 11.9. The number of aromatic nitrogens is 1. The normalized spacial score (nSPS) is 15.1. The number of rotatable bonds is 2. The highest BCUT2D eigenvalue weighted by atomic mass is 32.2. The first-order valence-electron chi connectivity index (χ1n) is 4.63. The Morgan fingerprint density at radius 1 is 1.31 bits per heavy atom. The topological polar surface area (TPSA) is 94.6 Å². The van der Waals surface area contributed by atoms with Crippen molar-refractivity contribution in [1.82, 2.24) is 4.98 Å². The van der Waals surface area contributed by atoms with E-state index in [4.69, 9.17) is 10.5 Å².